The lowest BCUT2D eigenvalue weighted by Crippen LogP contribution is -2.49. The molecule has 1 aromatic heterocycles. The van der Waals surface area contributed by atoms with E-state index >= 15 is 0 Å². The van der Waals surface area contributed by atoms with Crippen molar-refractivity contribution in [3.8, 4) is 22.5 Å². The van der Waals surface area contributed by atoms with Crippen LogP contribution in [0.1, 0.15) is 59.4 Å². The maximum Gasteiger partial charge on any atom is 0.332 e. The second-order valence-corrected chi connectivity index (χ2v) is 9.41. The molecule has 202 valence electrons. The Morgan fingerprint density at radius 1 is 0.974 bits per heavy atom. The van der Waals surface area contributed by atoms with Gasteiger partial charge >= 0.3 is 11.9 Å². The molecule has 0 saturated heterocycles. The number of amides is 1. The van der Waals surface area contributed by atoms with Crippen LogP contribution in [0.5, 0.6) is 0 Å². The van der Waals surface area contributed by atoms with Crippen LogP contribution in [-0.2, 0) is 30.4 Å². The van der Waals surface area contributed by atoms with E-state index in [0.29, 0.717) is 18.7 Å². The van der Waals surface area contributed by atoms with Crippen molar-refractivity contribution in [3.63, 3.8) is 0 Å². The molecule has 2 aromatic carbocycles. The summed E-state index contributed by atoms with van der Waals surface area (Å²) in [5, 5.41) is 14.3. The van der Waals surface area contributed by atoms with Crippen molar-refractivity contribution in [2.45, 2.75) is 72.8 Å². The molecule has 0 aliphatic rings. The quantitative estimate of drug-likeness (QED) is 0.272. The smallest absolute Gasteiger partial charge is 0.332 e. The van der Waals surface area contributed by atoms with Gasteiger partial charge in [-0.2, -0.15) is 5.21 Å². The van der Waals surface area contributed by atoms with E-state index in [2.05, 4.69) is 20.6 Å². The van der Waals surface area contributed by atoms with Crippen molar-refractivity contribution in [1.29, 1.82) is 0 Å². The number of hydrogen-bond donors (Lipinski definition) is 1. The van der Waals surface area contributed by atoms with Crippen LogP contribution in [0.25, 0.3) is 22.5 Å². The van der Waals surface area contributed by atoms with Crippen molar-refractivity contribution in [2.24, 2.45) is 5.92 Å². The number of unbranched alkanes of at least 4 members (excludes halogenated alkanes) is 1. The zero-order valence-electron chi connectivity index (χ0n) is 22.5. The summed E-state index contributed by atoms with van der Waals surface area (Å²) in [4.78, 5) is 39.3. The summed E-state index contributed by atoms with van der Waals surface area (Å²) in [7, 11) is 0. The summed E-state index contributed by atoms with van der Waals surface area (Å²) >= 11 is 0. The lowest BCUT2D eigenvalue weighted by Gasteiger charge is -2.33. The number of carbonyl (C=O) groups is 3. The molecule has 3 aromatic rings. The minimum absolute atomic E-state index is 0.130. The Morgan fingerprint density at radius 2 is 1.66 bits per heavy atom. The molecule has 0 fully saturated rings. The van der Waals surface area contributed by atoms with Gasteiger partial charge in [0, 0.05) is 32.4 Å². The van der Waals surface area contributed by atoms with Gasteiger partial charge in [0.15, 0.2) is 0 Å². The van der Waals surface area contributed by atoms with Gasteiger partial charge in [0.2, 0.25) is 18.0 Å². The molecule has 38 heavy (non-hydrogen) atoms. The highest BCUT2D eigenvalue weighted by atomic mass is 16.7. The van der Waals surface area contributed by atoms with Crippen LogP contribution in [-0.4, -0.2) is 55.7 Å². The van der Waals surface area contributed by atoms with E-state index in [1.54, 1.807) is 4.90 Å². The monoisotopic (exact) mass is 521 g/mol. The number of hydrogen-bond acceptors (Lipinski definition) is 8. The van der Waals surface area contributed by atoms with E-state index in [9.17, 15) is 14.4 Å². The third kappa shape index (κ3) is 7.47. The van der Waals surface area contributed by atoms with Gasteiger partial charge in [-0.25, -0.2) is 4.79 Å². The molecule has 0 aliphatic carbocycles. The SMILES string of the molecule is CCCCC(=O)N(Cc1ccc(-c2ccccc2-c2nn[nH]n2)cc1)C(C(=O)OC(C)OC(C)=O)C(C)C. The molecule has 0 spiro atoms. The number of aromatic amines is 1. The predicted molar refractivity (Wildman–Crippen MR) is 141 cm³/mol. The van der Waals surface area contributed by atoms with Crippen LogP contribution in [0.15, 0.2) is 48.5 Å². The Labute approximate surface area is 222 Å². The number of nitrogens with one attached hydrogen (secondary N) is 1. The van der Waals surface area contributed by atoms with E-state index in [4.69, 9.17) is 9.47 Å². The number of benzene rings is 2. The number of ether oxygens (including phenoxy) is 2. The van der Waals surface area contributed by atoms with E-state index < -0.39 is 24.3 Å². The highest BCUT2D eigenvalue weighted by Crippen LogP contribution is 2.30. The minimum atomic E-state index is -1.05. The minimum Gasteiger partial charge on any atom is -0.426 e. The number of esters is 2. The van der Waals surface area contributed by atoms with Crippen molar-refractivity contribution >= 4 is 17.8 Å². The van der Waals surface area contributed by atoms with Crippen molar-refractivity contribution in [2.75, 3.05) is 0 Å². The maximum atomic E-state index is 13.3. The van der Waals surface area contributed by atoms with Crippen LogP contribution in [0.3, 0.4) is 0 Å². The first-order valence-corrected chi connectivity index (χ1v) is 12.8. The molecule has 0 radical (unpaired) electrons. The highest BCUT2D eigenvalue weighted by molar-refractivity contribution is 5.85. The Hall–Kier alpha value is -4.08. The van der Waals surface area contributed by atoms with Crippen molar-refractivity contribution < 1.29 is 23.9 Å². The zero-order chi connectivity index (χ0) is 27.7. The molecule has 3 rings (SSSR count). The van der Waals surface area contributed by atoms with E-state index in [0.717, 1.165) is 28.7 Å². The number of rotatable bonds is 12. The summed E-state index contributed by atoms with van der Waals surface area (Å²) in [5.74, 6) is -1.01. The molecular weight excluding hydrogens is 486 g/mol. The first-order valence-electron chi connectivity index (χ1n) is 12.8. The van der Waals surface area contributed by atoms with Gasteiger partial charge in [-0.15, -0.1) is 10.2 Å². The topological polar surface area (TPSA) is 127 Å². The molecule has 10 nitrogen and oxygen atoms in total. The van der Waals surface area contributed by atoms with Gasteiger partial charge in [0.1, 0.15) is 6.04 Å². The van der Waals surface area contributed by atoms with Crippen LogP contribution in [0.2, 0.25) is 0 Å². The molecule has 0 aliphatic heterocycles. The van der Waals surface area contributed by atoms with Crippen LogP contribution < -0.4 is 0 Å². The van der Waals surface area contributed by atoms with E-state index in [1.807, 2.05) is 69.3 Å². The van der Waals surface area contributed by atoms with Gasteiger partial charge in [-0.1, -0.05) is 75.7 Å². The zero-order valence-corrected chi connectivity index (χ0v) is 22.5. The number of carbonyl (C=O) groups excluding carboxylic acids is 3. The van der Waals surface area contributed by atoms with E-state index in [-0.39, 0.29) is 18.4 Å². The molecule has 10 heteroatoms. The van der Waals surface area contributed by atoms with Gasteiger partial charge < -0.3 is 14.4 Å². The molecule has 0 bridgehead atoms. The highest BCUT2D eigenvalue weighted by Gasteiger charge is 2.34. The van der Waals surface area contributed by atoms with Crippen molar-refractivity contribution in [1.82, 2.24) is 25.5 Å². The third-order valence-electron chi connectivity index (χ3n) is 6.02. The summed E-state index contributed by atoms with van der Waals surface area (Å²) in [6, 6.07) is 14.7. The molecule has 1 N–H and O–H groups in total. The number of aromatic nitrogens is 4. The van der Waals surface area contributed by atoms with Gasteiger partial charge in [-0.3, -0.25) is 9.59 Å². The molecule has 0 saturated carbocycles. The normalized spacial score (nSPS) is 12.6. The Bertz CT molecular complexity index is 1210. The molecule has 1 heterocycles. The Kier molecular flexibility index (Phi) is 10.1. The molecular formula is C28H35N5O5. The molecule has 2 atom stereocenters. The summed E-state index contributed by atoms with van der Waals surface area (Å²) in [6.07, 6.45) is 0.842. The lowest BCUT2D eigenvalue weighted by molar-refractivity contribution is -0.189. The van der Waals surface area contributed by atoms with Crippen LogP contribution >= 0.6 is 0 Å². The van der Waals surface area contributed by atoms with E-state index in [1.165, 1.54) is 13.8 Å². The third-order valence-corrected chi connectivity index (χ3v) is 6.02. The Balaban J connectivity index is 1.87. The first kappa shape index (κ1) is 28.5. The predicted octanol–water partition coefficient (Wildman–Crippen LogP) is 4.53. The number of nitrogens with zero attached hydrogens (tertiary/aromatic N) is 4. The van der Waals surface area contributed by atoms with Gasteiger partial charge in [0.05, 0.1) is 0 Å². The second kappa shape index (κ2) is 13.5. The number of tetrazole rings is 1. The average molecular weight is 522 g/mol. The average Bonchev–Trinajstić information content (AvgIpc) is 3.41. The van der Waals surface area contributed by atoms with Crippen LogP contribution in [0.4, 0.5) is 0 Å². The lowest BCUT2D eigenvalue weighted by atomic mass is 9.97. The fourth-order valence-corrected chi connectivity index (χ4v) is 4.26. The van der Waals surface area contributed by atoms with Crippen LogP contribution in [0, 0.1) is 5.92 Å². The molecule has 1 amide bonds. The second-order valence-electron chi connectivity index (χ2n) is 9.41. The fourth-order valence-electron chi connectivity index (χ4n) is 4.26. The fraction of sp³-hybridized carbons (Fsp3) is 0.429. The maximum absolute atomic E-state index is 13.3. The number of H-pyrrole nitrogens is 1. The van der Waals surface area contributed by atoms with Gasteiger partial charge in [0.25, 0.3) is 0 Å². The largest absolute Gasteiger partial charge is 0.426 e. The summed E-state index contributed by atoms with van der Waals surface area (Å²) in [5.41, 5.74) is 3.60. The summed E-state index contributed by atoms with van der Waals surface area (Å²) in [6.45, 7) is 8.69. The first-order chi connectivity index (χ1) is 18.2. The summed E-state index contributed by atoms with van der Waals surface area (Å²) < 4.78 is 10.4. The Morgan fingerprint density at radius 3 is 2.24 bits per heavy atom. The van der Waals surface area contributed by atoms with Crippen molar-refractivity contribution in [3.05, 3.63) is 54.1 Å². The molecule has 2 unspecified atom stereocenters. The standard InChI is InChI=1S/C28H35N5O5/c1-6-7-12-25(35)33(26(18(2)3)28(36)38-20(5)37-19(4)34)17-21-13-15-22(16-14-21)23-10-8-9-11-24(23)27-29-31-32-30-27/h8-11,13-16,18,20,26H,6-7,12,17H2,1-5H3,(H,29,30,31,32). The van der Waals surface area contributed by atoms with Gasteiger partial charge in [-0.05, 0) is 34.2 Å².